The molecule has 42 heavy (non-hydrogen) atoms. The van der Waals surface area contributed by atoms with Crippen LogP contribution >= 0.6 is 11.6 Å². The lowest BCUT2D eigenvalue weighted by Crippen LogP contribution is -2.37. The molecule has 2 amide bonds. The standard InChI is InChI=1S/C26H28ClF2N7O2.C3H6O/c1-3-17-12-19(5-7-21(17)26(38)33-9-8-31-23(37)14-30)35-24-25-34-15-22(36(25)11-10-32-24)20(16(2)29)6-4-18(27)13-28;1-2-3-4/h4-7,10-12,15H,2-3,8-9,13-14,30H2,1H3,(H,31,37)(H,32,35)(H,33,38);2-4H,1H3/b18-4+,20-6+;. The highest BCUT2D eigenvalue weighted by molar-refractivity contribution is 6.29. The van der Waals surface area contributed by atoms with Crippen LogP contribution in [0.25, 0.3) is 11.2 Å². The smallest absolute Gasteiger partial charge is 0.251 e. The third kappa shape index (κ3) is 9.53. The van der Waals surface area contributed by atoms with Crippen LogP contribution in [0.5, 0.6) is 0 Å². The van der Waals surface area contributed by atoms with E-state index in [0.717, 1.165) is 11.8 Å². The fraction of sp³-hybridized carbons (Fsp3) is 0.241. The molecule has 3 rings (SSSR count). The van der Waals surface area contributed by atoms with Crippen LogP contribution in [0.4, 0.5) is 20.3 Å². The number of benzene rings is 1. The van der Waals surface area contributed by atoms with Gasteiger partial charge in [-0.15, -0.1) is 0 Å². The first kappa shape index (κ1) is 33.7. The molecule has 1 aromatic carbocycles. The molecule has 0 saturated carbocycles. The van der Waals surface area contributed by atoms with Gasteiger partial charge in [-0.05, 0) is 49.3 Å². The van der Waals surface area contributed by atoms with Crippen LogP contribution < -0.4 is 21.7 Å². The molecule has 0 aliphatic carbocycles. The van der Waals surface area contributed by atoms with Crippen LogP contribution in [0.3, 0.4) is 0 Å². The Morgan fingerprint density at radius 1 is 1.21 bits per heavy atom. The molecular weight excluding hydrogens is 568 g/mol. The summed E-state index contributed by atoms with van der Waals surface area (Å²) in [6, 6.07) is 5.26. The number of aryl methyl sites for hydroxylation is 1. The molecule has 0 fully saturated rings. The second-order valence-electron chi connectivity index (χ2n) is 8.49. The fourth-order valence-electron chi connectivity index (χ4n) is 3.61. The number of aromatic nitrogens is 3. The van der Waals surface area contributed by atoms with Gasteiger partial charge in [-0.2, -0.15) is 0 Å². The van der Waals surface area contributed by atoms with Crippen LogP contribution in [0.1, 0.15) is 35.5 Å². The van der Waals surface area contributed by atoms with Gasteiger partial charge in [0.1, 0.15) is 12.5 Å². The van der Waals surface area contributed by atoms with Crippen molar-refractivity contribution in [1.29, 1.82) is 0 Å². The zero-order valence-corrected chi connectivity index (χ0v) is 24.1. The molecule has 3 aromatic rings. The molecule has 0 unspecified atom stereocenters. The first-order valence-electron chi connectivity index (χ1n) is 12.9. The number of aliphatic hydroxyl groups is 1. The molecule has 0 atom stereocenters. The number of amides is 2. The second-order valence-corrected chi connectivity index (χ2v) is 8.97. The van der Waals surface area contributed by atoms with Crippen molar-refractivity contribution in [2.45, 2.75) is 20.3 Å². The van der Waals surface area contributed by atoms with Gasteiger partial charge in [-0.3, -0.25) is 14.0 Å². The minimum atomic E-state index is -0.873. The number of nitrogens with two attached hydrogens (primary N) is 1. The van der Waals surface area contributed by atoms with Crippen molar-refractivity contribution in [3.63, 3.8) is 0 Å². The second kappa shape index (κ2) is 17.3. The summed E-state index contributed by atoms with van der Waals surface area (Å²) >= 11 is 5.72. The average molecular weight is 602 g/mol. The van der Waals surface area contributed by atoms with E-state index in [4.69, 9.17) is 22.4 Å². The van der Waals surface area contributed by atoms with Crippen molar-refractivity contribution in [1.82, 2.24) is 25.0 Å². The van der Waals surface area contributed by atoms with Gasteiger partial charge in [-0.25, -0.2) is 18.7 Å². The van der Waals surface area contributed by atoms with Crippen molar-refractivity contribution in [2.75, 3.05) is 31.6 Å². The van der Waals surface area contributed by atoms with Crippen LogP contribution in [0, 0.1) is 0 Å². The van der Waals surface area contributed by atoms with Crippen molar-refractivity contribution in [3.05, 3.63) is 95.5 Å². The maximum Gasteiger partial charge on any atom is 0.251 e. The first-order chi connectivity index (χ1) is 20.2. The van der Waals surface area contributed by atoms with Gasteiger partial charge in [0.15, 0.2) is 11.5 Å². The molecule has 0 aliphatic heterocycles. The number of rotatable bonds is 12. The van der Waals surface area contributed by atoms with Crippen LogP contribution in [-0.2, 0) is 11.2 Å². The van der Waals surface area contributed by atoms with Gasteiger partial charge in [0.25, 0.3) is 5.91 Å². The van der Waals surface area contributed by atoms with E-state index in [0.29, 0.717) is 34.8 Å². The summed E-state index contributed by atoms with van der Waals surface area (Å²) in [6.07, 6.45) is 10.3. The monoisotopic (exact) mass is 601 g/mol. The van der Waals surface area contributed by atoms with Gasteiger partial charge in [0.2, 0.25) is 5.91 Å². The van der Waals surface area contributed by atoms with E-state index in [-0.39, 0.29) is 42.1 Å². The fourth-order valence-corrected chi connectivity index (χ4v) is 3.67. The van der Waals surface area contributed by atoms with Crippen LogP contribution in [0.15, 0.2) is 78.7 Å². The molecule has 224 valence electrons. The number of alkyl halides is 1. The predicted octanol–water partition coefficient (Wildman–Crippen LogP) is 4.88. The average Bonchev–Trinajstić information content (AvgIpc) is 3.43. The van der Waals surface area contributed by atoms with Gasteiger partial charge in [0.05, 0.1) is 24.7 Å². The van der Waals surface area contributed by atoms with Gasteiger partial charge < -0.3 is 26.8 Å². The minimum Gasteiger partial charge on any atom is -0.516 e. The van der Waals surface area contributed by atoms with Crippen molar-refractivity contribution in [2.24, 2.45) is 5.73 Å². The van der Waals surface area contributed by atoms with Crippen molar-refractivity contribution >= 4 is 46.1 Å². The number of carbonyl (C=O) groups excluding carboxylic acids is 2. The summed E-state index contributed by atoms with van der Waals surface area (Å²) < 4.78 is 28.6. The van der Waals surface area contributed by atoms with Crippen LogP contribution in [0.2, 0.25) is 0 Å². The lowest BCUT2D eigenvalue weighted by Gasteiger charge is -2.13. The number of carbonyl (C=O) groups is 2. The largest absolute Gasteiger partial charge is 0.516 e. The van der Waals surface area contributed by atoms with Crippen molar-refractivity contribution in [3.8, 4) is 0 Å². The number of halogens is 3. The summed E-state index contributed by atoms with van der Waals surface area (Å²) in [6.45, 7) is 6.59. The topological polar surface area (TPSA) is 147 Å². The van der Waals surface area contributed by atoms with Gasteiger partial charge >= 0.3 is 0 Å². The highest BCUT2D eigenvalue weighted by Crippen LogP contribution is 2.28. The van der Waals surface area contributed by atoms with E-state index < -0.39 is 12.5 Å². The van der Waals surface area contributed by atoms with Gasteiger partial charge in [0, 0.05) is 47.3 Å². The number of hydrogen-bond acceptors (Lipinski definition) is 7. The third-order valence-corrected chi connectivity index (χ3v) is 5.84. The number of imidazole rings is 1. The number of hydrogen-bond donors (Lipinski definition) is 5. The Labute approximate surface area is 247 Å². The molecular formula is C29H34ClF2N7O3. The zero-order valence-electron chi connectivity index (χ0n) is 23.3. The first-order valence-corrected chi connectivity index (χ1v) is 13.3. The Kier molecular flexibility index (Phi) is 13.9. The van der Waals surface area contributed by atoms with E-state index in [1.54, 1.807) is 35.7 Å². The normalized spacial score (nSPS) is 11.7. The van der Waals surface area contributed by atoms with E-state index in [1.165, 1.54) is 24.5 Å². The minimum absolute atomic E-state index is 0.0798. The maximum absolute atomic E-state index is 14.2. The van der Waals surface area contributed by atoms with E-state index in [1.807, 2.05) is 13.0 Å². The Morgan fingerprint density at radius 3 is 2.55 bits per heavy atom. The Bertz CT molecular complexity index is 1480. The molecule has 10 nitrogen and oxygen atoms in total. The number of nitrogens with one attached hydrogen (secondary N) is 3. The molecule has 0 aliphatic rings. The number of anilines is 2. The molecule has 13 heteroatoms. The van der Waals surface area contributed by atoms with E-state index in [9.17, 15) is 18.4 Å². The SMILES string of the molecule is C=C(F)/C(=C\C=C(\Cl)CF)c1cnc2c(Nc3ccc(C(=O)NCCNC(=O)CN)c(CC)c3)nccn12.CC=CO. The number of fused-ring (bicyclic) bond motifs is 1. The Balaban J connectivity index is 0.00000144. The summed E-state index contributed by atoms with van der Waals surface area (Å²) in [5.74, 6) is -0.894. The zero-order chi connectivity index (χ0) is 31.1. The number of aliphatic hydroxyl groups excluding tert-OH is 1. The molecule has 6 N–H and O–H groups in total. The summed E-state index contributed by atoms with van der Waals surface area (Å²) in [5, 5.41) is 16.2. The van der Waals surface area contributed by atoms with Crippen LogP contribution in [-0.4, -0.2) is 57.6 Å². The molecule has 0 saturated heterocycles. The lowest BCUT2D eigenvalue weighted by atomic mass is 10.0. The predicted molar refractivity (Wildman–Crippen MR) is 162 cm³/mol. The van der Waals surface area contributed by atoms with E-state index in [2.05, 4.69) is 32.5 Å². The summed E-state index contributed by atoms with van der Waals surface area (Å²) in [5.41, 5.74) is 8.09. The molecule has 2 aromatic heterocycles. The summed E-state index contributed by atoms with van der Waals surface area (Å²) in [4.78, 5) is 32.6. The number of nitrogens with zero attached hydrogens (tertiary/aromatic N) is 3. The molecule has 2 heterocycles. The van der Waals surface area contributed by atoms with Crippen molar-refractivity contribution < 1.29 is 23.5 Å². The van der Waals surface area contributed by atoms with E-state index >= 15 is 0 Å². The third-order valence-electron chi connectivity index (χ3n) is 5.62. The highest BCUT2D eigenvalue weighted by atomic mass is 35.5. The summed E-state index contributed by atoms with van der Waals surface area (Å²) in [7, 11) is 0. The highest BCUT2D eigenvalue weighted by Gasteiger charge is 2.16. The van der Waals surface area contributed by atoms with Gasteiger partial charge in [-0.1, -0.05) is 31.2 Å². The maximum atomic E-state index is 14.2. The molecule has 0 spiro atoms. The quantitative estimate of drug-likeness (QED) is 0.113. The number of allylic oxidation sites excluding steroid dienone is 6. The molecule has 0 radical (unpaired) electrons. The molecule has 0 bridgehead atoms. The Hall–Kier alpha value is -4.55. The Morgan fingerprint density at radius 2 is 1.93 bits per heavy atom. The lowest BCUT2D eigenvalue weighted by molar-refractivity contribution is -0.119.